The number of hydrogen-bond donors (Lipinski definition) is 1. The highest BCUT2D eigenvalue weighted by atomic mass is 32.1. The van der Waals surface area contributed by atoms with Gasteiger partial charge in [0.1, 0.15) is 16.5 Å². The van der Waals surface area contributed by atoms with Crippen LogP contribution in [0.1, 0.15) is 58.4 Å². The summed E-state index contributed by atoms with van der Waals surface area (Å²) < 4.78 is 10.9. The molecule has 0 fully saturated rings. The van der Waals surface area contributed by atoms with Crippen LogP contribution in [0, 0.1) is 5.92 Å². The van der Waals surface area contributed by atoms with Gasteiger partial charge in [0, 0.05) is 0 Å². The lowest BCUT2D eigenvalue weighted by Gasteiger charge is -2.23. The van der Waals surface area contributed by atoms with Crippen LogP contribution >= 0.6 is 11.3 Å². The largest absolute Gasteiger partial charge is 0.477 e. The van der Waals surface area contributed by atoms with Crippen LogP contribution < -0.4 is 10.5 Å². The number of hydrogen-bond acceptors (Lipinski definition) is 6. The Morgan fingerprint density at radius 3 is 2.52 bits per heavy atom. The molecule has 0 radical (unpaired) electrons. The molecular formula is C16H26N2O4S. The molecule has 1 aromatic rings. The lowest BCUT2D eigenvalue weighted by molar-refractivity contribution is -0.157. The van der Waals surface area contributed by atoms with Crippen molar-refractivity contribution >= 4 is 23.2 Å². The predicted octanol–water partition coefficient (Wildman–Crippen LogP) is 2.87. The Morgan fingerprint density at radius 1 is 1.35 bits per heavy atom. The van der Waals surface area contributed by atoms with Crippen LogP contribution in [0.3, 0.4) is 0 Å². The summed E-state index contributed by atoms with van der Waals surface area (Å²) in [6.45, 7) is 9.82. The van der Waals surface area contributed by atoms with Gasteiger partial charge in [-0.1, -0.05) is 13.8 Å². The summed E-state index contributed by atoms with van der Waals surface area (Å²) in [7, 11) is 0. The summed E-state index contributed by atoms with van der Waals surface area (Å²) in [5.41, 5.74) is 4.53. The molecule has 0 saturated carbocycles. The van der Waals surface area contributed by atoms with E-state index in [9.17, 15) is 9.59 Å². The number of esters is 1. The fraction of sp³-hybridized carbons (Fsp3) is 0.688. The average molecular weight is 342 g/mol. The Morgan fingerprint density at radius 2 is 2.00 bits per heavy atom. The first kappa shape index (κ1) is 19.4. The first-order valence-corrected chi connectivity index (χ1v) is 8.56. The molecule has 130 valence electrons. The SMILES string of the molecule is CC(C)CC(C(=O)OC(C)(C)C)c1nc(OCCC(N)=O)cs1. The summed E-state index contributed by atoms with van der Waals surface area (Å²) in [5, 5.41) is 2.40. The van der Waals surface area contributed by atoms with Crippen molar-refractivity contribution in [3.8, 4) is 5.88 Å². The van der Waals surface area contributed by atoms with E-state index in [0.29, 0.717) is 23.2 Å². The van der Waals surface area contributed by atoms with E-state index >= 15 is 0 Å². The van der Waals surface area contributed by atoms with Gasteiger partial charge in [0.25, 0.3) is 0 Å². The minimum Gasteiger partial charge on any atom is -0.477 e. The molecule has 1 unspecified atom stereocenters. The van der Waals surface area contributed by atoms with Gasteiger partial charge in [-0.2, -0.15) is 0 Å². The van der Waals surface area contributed by atoms with Crippen molar-refractivity contribution in [1.82, 2.24) is 4.98 Å². The highest BCUT2D eigenvalue weighted by Gasteiger charge is 2.30. The summed E-state index contributed by atoms with van der Waals surface area (Å²) in [5.74, 6) is -0.372. The smallest absolute Gasteiger partial charge is 0.316 e. The van der Waals surface area contributed by atoms with Gasteiger partial charge < -0.3 is 15.2 Å². The zero-order valence-corrected chi connectivity index (χ0v) is 15.2. The summed E-state index contributed by atoms with van der Waals surface area (Å²) in [4.78, 5) is 27.5. The second-order valence-corrected chi connectivity index (χ2v) is 7.69. The molecule has 0 spiro atoms. The van der Waals surface area contributed by atoms with E-state index in [4.69, 9.17) is 15.2 Å². The van der Waals surface area contributed by atoms with E-state index in [0.717, 1.165) is 0 Å². The zero-order valence-electron chi connectivity index (χ0n) is 14.4. The maximum Gasteiger partial charge on any atom is 0.316 e. The lowest BCUT2D eigenvalue weighted by Crippen LogP contribution is -2.28. The van der Waals surface area contributed by atoms with Crippen molar-refractivity contribution in [3.05, 3.63) is 10.4 Å². The second-order valence-electron chi connectivity index (χ2n) is 6.80. The van der Waals surface area contributed by atoms with E-state index in [-0.39, 0.29) is 19.0 Å². The van der Waals surface area contributed by atoms with Crippen LogP contribution in [0.5, 0.6) is 5.88 Å². The van der Waals surface area contributed by atoms with E-state index in [1.165, 1.54) is 11.3 Å². The third-order valence-corrected chi connectivity index (χ3v) is 3.73. The van der Waals surface area contributed by atoms with Crippen LogP contribution in [0.2, 0.25) is 0 Å². The molecule has 1 rings (SSSR count). The molecule has 6 nitrogen and oxygen atoms in total. The molecule has 0 aliphatic rings. The van der Waals surface area contributed by atoms with Crippen molar-refractivity contribution in [2.24, 2.45) is 11.7 Å². The standard InChI is InChI=1S/C16H26N2O4S/c1-10(2)8-11(15(20)22-16(3,4)5)14-18-13(9-23-14)21-7-6-12(17)19/h9-11H,6-8H2,1-5H3,(H2,17,19). The maximum atomic E-state index is 12.4. The third-order valence-electron chi connectivity index (χ3n) is 2.80. The van der Waals surface area contributed by atoms with Crippen LogP contribution in [0.4, 0.5) is 0 Å². The maximum absolute atomic E-state index is 12.4. The van der Waals surface area contributed by atoms with Gasteiger partial charge in [-0.15, -0.1) is 11.3 Å². The fourth-order valence-corrected chi connectivity index (χ4v) is 2.74. The molecule has 23 heavy (non-hydrogen) atoms. The van der Waals surface area contributed by atoms with E-state index in [1.807, 2.05) is 20.8 Å². The quantitative estimate of drug-likeness (QED) is 0.733. The van der Waals surface area contributed by atoms with E-state index in [1.54, 1.807) is 5.38 Å². The molecular weight excluding hydrogens is 316 g/mol. The molecule has 1 heterocycles. The number of nitrogens with two attached hydrogens (primary N) is 1. The van der Waals surface area contributed by atoms with Gasteiger partial charge in [0.05, 0.1) is 18.4 Å². The molecule has 0 aliphatic carbocycles. The second kappa shape index (κ2) is 8.29. The van der Waals surface area contributed by atoms with Crippen LogP contribution in [-0.2, 0) is 14.3 Å². The van der Waals surface area contributed by atoms with Crippen molar-refractivity contribution in [3.63, 3.8) is 0 Å². The number of ether oxygens (including phenoxy) is 2. The normalized spacial score (nSPS) is 13.0. The third kappa shape index (κ3) is 7.45. The van der Waals surface area contributed by atoms with Crippen molar-refractivity contribution in [2.75, 3.05) is 6.61 Å². The summed E-state index contributed by atoms with van der Waals surface area (Å²) in [6, 6.07) is 0. The van der Waals surface area contributed by atoms with Crippen molar-refractivity contribution in [1.29, 1.82) is 0 Å². The Kier molecular flexibility index (Phi) is 7.00. The zero-order chi connectivity index (χ0) is 17.6. The number of amides is 1. The first-order valence-electron chi connectivity index (χ1n) is 7.68. The fourth-order valence-electron chi connectivity index (χ4n) is 1.90. The number of carbonyl (C=O) groups excluding carboxylic acids is 2. The van der Waals surface area contributed by atoms with Crippen LogP contribution in [0.15, 0.2) is 5.38 Å². The molecule has 1 aromatic heterocycles. The Hall–Kier alpha value is -1.63. The van der Waals surface area contributed by atoms with E-state index < -0.39 is 17.4 Å². The number of nitrogens with zero attached hydrogens (tertiary/aromatic N) is 1. The minimum atomic E-state index is -0.537. The minimum absolute atomic E-state index is 0.133. The van der Waals surface area contributed by atoms with Crippen molar-refractivity contribution < 1.29 is 19.1 Å². The highest BCUT2D eigenvalue weighted by molar-refractivity contribution is 7.10. The van der Waals surface area contributed by atoms with Gasteiger partial charge in [0.2, 0.25) is 11.8 Å². The van der Waals surface area contributed by atoms with E-state index in [2.05, 4.69) is 18.8 Å². The molecule has 0 bridgehead atoms. The van der Waals surface area contributed by atoms with Gasteiger partial charge in [0.15, 0.2) is 0 Å². The van der Waals surface area contributed by atoms with Gasteiger partial charge in [-0.05, 0) is 33.1 Å². The van der Waals surface area contributed by atoms with Crippen molar-refractivity contribution in [2.45, 2.75) is 59.0 Å². The number of rotatable bonds is 8. The monoisotopic (exact) mass is 342 g/mol. The summed E-state index contributed by atoms with van der Waals surface area (Å²) >= 11 is 1.36. The topological polar surface area (TPSA) is 91.5 Å². The number of thiazole rings is 1. The number of carbonyl (C=O) groups is 2. The molecule has 7 heteroatoms. The lowest BCUT2D eigenvalue weighted by atomic mass is 9.97. The Bertz CT molecular complexity index is 534. The Labute approximate surface area is 141 Å². The molecule has 1 amide bonds. The highest BCUT2D eigenvalue weighted by Crippen LogP contribution is 2.31. The van der Waals surface area contributed by atoms with Gasteiger partial charge in [-0.25, -0.2) is 4.98 Å². The molecule has 2 N–H and O–H groups in total. The molecule has 0 aromatic carbocycles. The number of aromatic nitrogens is 1. The average Bonchev–Trinajstić information content (AvgIpc) is 2.81. The number of primary amides is 1. The van der Waals surface area contributed by atoms with Gasteiger partial charge >= 0.3 is 5.97 Å². The Balaban J connectivity index is 2.80. The molecule has 0 saturated heterocycles. The molecule has 1 atom stereocenters. The van der Waals surface area contributed by atoms with Crippen LogP contribution in [0.25, 0.3) is 0 Å². The van der Waals surface area contributed by atoms with Crippen LogP contribution in [-0.4, -0.2) is 29.1 Å². The molecule has 0 aliphatic heterocycles. The summed E-state index contributed by atoms with van der Waals surface area (Å²) in [6.07, 6.45) is 0.789. The van der Waals surface area contributed by atoms with Gasteiger partial charge in [-0.3, -0.25) is 9.59 Å². The predicted molar refractivity (Wildman–Crippen MR) is 89.5 cm³/mol. The first-order chi connectivity index (χ1) is 10.6.